The Hall–Kier alpha value is -1.89. The summed E-state index contributed by atoms with van der Waals surface area (Å²) in [5, 5.41) is 5.78. The number of para-hydroxylation sites is 1. The van der Waals surface area contributed by atoms with Gasteiger partial charge >= 0.3 is 0 Å². The molecule has 0 saturated carbocycles. The predicted molar refractivity (Wildman–Crippen MR) is 106 cm³/mol. The van der Waals surface area contributed by atoms with Crippen LogP contribution >= 0.6 is 22.6 Å². The van der Waals surface area contributed by atoms with Crippen LogP contribution in [0.3, 0.4) is 0 Å². The molecule has 24 heavy (non-hydrogen) atoms. The predicted octanol–water partition coefficient (Wildman–Crippen LogP) is 4.38. The van der Waals surface area contributed by atoms with Gasteiger partial charge in [-0.3, -0.25) is 9.59 Å². The third-order valence-electron chi connectivity index (χ3n) is 3.78. The van der Waals surface area contributed by atoms with E-state index in [-0.39, 0.29) is 17.9 Å². The van der Waals surface area contributed by atoms with Crippen molar-refractivity contribution in [1.29, 1.82) is 0 Å². The lowest BCUT2D eigenvalue weighted by Gasteiger charge is -2.15. The SMILES string of the molecule is CC[C@@H](C)NC(=O)c1ccccc1NC(=O)c1ccc(C)cc1I. The van der Waals surface area contributed by atoms with Crippen molar-refractivity contribution >= 4 is 40.1 Å². The first-order valence-electron chi connectivity index (χ1n) is 7.89. The van der Waals surface area contributed by atoms with Gasteiger partial charge in [-0.15, -0.1) is 0 Å². The standard InChI is InChI=1S/C19H21IN2O2/c1-4-13(3)21-19(24)15-7-5-6-8-17(15)22-18(23)14-10-9-12(2)11-16(14)20/h5-11,13H,4H2,1-3H3,(H,21,24)(H,22,23)/t13-/m1/s1. The maximum atomic E-state index is 12.6. The molecule has 0 heterocycles. The summed E-state index contributed by atoms with van der Waals surface area (Å²) in [5.74, 6) is -0.401. The van der Waals surface area contributed by atoms with E-state index in [4.69, 9.17) is 0 Å². The highest BCUT2D eigenvalue weighted by Crippen LogP contribution is 2.19. The molecule has 2 N–H and O–H groups in total. The van der Waals surface area contributed by atoms with Gasteiger partial charge in [0, 0.05) is 9.61 Å². The second-order valence-corrected chi connectivity index (χ2v) is 6.93. The lowest BCUT2D eigenvalue weighted by molar-refractivity contribution is 0.0940. The van der Waals surface area contributed by atoms with E-state index in [0.717, 1.165) is 15.6 Å². The van der Waals surface area contributed by atoms with Crippen molar-refractivity contribution in [3.8, 4) is 0 Å². The molecule has 0 aliphatic rings. The van der Waals surface area contributed by atoms with E-state index < -0.39 is 0 Å². The average molecular weight is 436 g/mol. The average Bonchev–Trinajstić information content (AvgIpc) is 2.54. The Morgan fingerprint density at radius 1 is 1.08 bits per heavy atom. The van der Waals surface area contributed by atoms with E-state index in [1.54, 1.807) is 30.3 Å². The van der Waals surface area contributed by atoms with Gasteiger partial charge in [0.05, 0.1) is 16.8 Å². The summed E-state index contributed by atoms with van der Waals surface area (Å²) in [6.45, 7) is 5.95. The third-order valence-corrected chi connectivity index (χ3v) is 4.67. The summed E-state index contributed by atoms with van der Waals surface area (Å²) >= 11 is 2.15. The van der Waals surface area contributed by atoms with Crippen LogP contribution in [0.15, 0.2) is 42.5 Å². The highest BCUT2D eigenvalue weighted by molar-refractivity contribution is 14.1. The molecule has 0 aliphatic heterocycles. The fraction of sp³-hybridized carbons (Fsp3) is 0.263. The van der Waals surface area contributed by atoms with E-state index >= 15 is 0 Å². The van der Waals surface area contributed by atoms with Crippen molar-refractivity contribution in [3.05, 3.63) is 62.7 Å². The quantitative estimate of drug-likeness (QED) is 0.684. The zero-order valence-corrected chi connectivity index (χ0v) is 16.2. The normalized spacial score (nSPS) is 11.7. The molecule has 0 saturated heterocycles. The Bertz CT molecular complexity index is 759. The molecule has 0 aliphatic carbocycles. The van der Waals surface area contributed by atoms with Crippen LogP contribution in [0.25, 0.3) is 0 Å². The first-order chi connectivity index (χ1) is 11.4. The zero-order valence-electron chi connectivity index (χ0n) is 14.0. The fourth-order valence-corrected chi connectivity index (χ4v) is 3.10. The van der Waals surface area contributed by atoms with Crippen LogP contribution in [0.5, 0.6) is 0 Å². The van der Waals surface area contributed by atoms with Gasteiger partial charge in [0.1, 0.15) is 0 Å². The minimum atomic E-state index is -0.219. The van der Waals surface area contributed by atoms with E-state index in [1.165, 1.54) is 0 Å². The smallest absolute Gasteiger partial charge is 0.256 e. The molecule has 5 heteroatoms. The molecule has 0 radical (unpaired) electrons. The summed E-state index contributed by atoms with van der Waals surface area (Å²) in [5.41, 5.74) is 2.68. The summed E-state index contributed by atoms with van der Waals surface area (Å²) in [6.07, 6.45) is 0.849. The maximum Gasteiger partial charge on any atom is 0.256 e. The molecular weight excluding hydrogens is 415 g/mol. The molecule has 2 rings (SSSR count). The van der Waals surface area contributed by atoms with Crippen LogP contribution in [-0.4, -0.2) is 17.9 Å². The van der Waals surface area contributed by atoms with Crippen LogP contribution in [0.2, 0.25) is 0 Å². The Balaban J connectivity index is 2.23. The van der Waals surface area contributed by atoms with Crippen molar-refractivity contribution in [2.24, 2.45) is 0 Å². The number of hydrogen-bond acceptors (Lipinski definition) is 2. The van der Waals surface area contributed by atoms with Gasteiger partial charge in [-0.2, -0.15) is 0 Å². The van der Waals surface area contributed by atoms with Crippen LogP contribution in [0.1, 0.15) is 46.5 Å². The van der Waals surface area contributed by atoms with E-state index in [2.05, 4.69) is 33.2 Å². The van der Waals surface area contributed by atoms with Gasteiger partial charge < -0.3 is 10.6 Å². The number of benzene rings is 2. The Kier molecular flexibility index (Phi) is 6.36. The van der Waals surface area contributed by atoms with Crippen LogP contribution in [0.4, 0.5) is 5.69 Å². The largest absolute Gasteiger partial charge is 0.350 e. The topological polar surface area (TPSA) is 58.2 Å². The second kappa shape index (κ2) is 8.28. The first-order valence-corrected chi connectivity index (χ1v) is 8.97. The molecule has 0 unspecified atom stereocenters. The number of rotatable bonds is 5. The van der Waals surface area contributed by atoms with Crippen molar-refractivity contribution in [3.63, 3.8) is 0 Å². The highest BCUT2D eigenvalue weighted by atomic mass is 127. The Morgan fingerprint density at radius 2 is 1.79 bits per heavy atom. The minimum absolute atomic E-state index is 0.0827. The summed E-state index contributed by atoms with van der Waals surface area (Å²) < 4.78 is 0.881. The molecule has 0 fully saturated rings. The molecule has 126 valence electrons. The zero-order chi connectivity index (χ0) is 17.7. The molecule has 4 nitrogen and oxygen atoms in total. The van der Waals surface area contributed by atoms with Gasteiger partial charge in [0.25, 0.3) is 11.8 Å². The number of aryl methyl sites for hydroxylation is 1. The molecule has 0 aromatic heterocycles. The molecule has 1 atom stereocenters. The number of carbonyl (C=O) groups is 2. The molecule has 0 bridgehead atoms. The number of amides is 2. The first kappa shape index (κ1) is 18.4. The number of hydrogen-bond donors (Lipinski definition) is 2. The Labute approximate surface area is 156 Å². The van der Waals surface area contributed by atoms with Crippen molar-refractivity contribution < 1.29 is 9.59 Å². The lowest BCUT2D eigenvalue weighted by atomic mass is 10.1. The van der Waals surface area contributed by atoms with Crippen LogP contribution in [-0.2, 0) is 0 Å². The summed E-state index contributed by atoms with van der Waals surface area (Å²) in [4.78, 5) is 25.0. The molecule has 2 aromatic carbocycles. The second-order valence-electron chi connectivity index (χ2n) is 5.77. The number of anilines is 1. The molecular formula is C19H21IN2O2. The van der Waals surface area contributed by atoms with E-state index in [1.807, 2.05) is 32.9 Å². The van der Waals surface area contributed by atoms with Crippen LogP contribution in [0, 0.1) is 10.5 Å². The van der Waals surface area contributed by atoms with Crippen LogP contribution < -0.4 is 10.6 Å². The molecule has 2 aromatic rings. The Morgan fingerprint density at radius 3 is 2.46 bits per heavy atom. The number of halogens is 1. The molecule has 2 amide bonds. The van der Waals surface area contributed by atoms with Gasteiger partial charge in [0.2, 0.25) is 0 Å². The van der Waals surface area contributed by atoms with Crippen molar-refractivity contribution in [1.82, 2.24) is 5.32 Å². The number of nitrogens with one attached hydrogen (secondary N) is 2. The maximum absolute atomic E-state index is 12.6. The van der Waals surface area contributed by atoms with Gasteiger partial charge in [-0.1, -0.05) is 30.7 Å². The van der Waals surface area contributed by atoms with Crippen molar-refractivity contribution in [2.75, 3.05) is 5.32 Å². The molecule has 0 spiro atoms. The monoisotopic (exact) mass is 436 g/mol. The summed E-state index contributed by atoms with van der Waals surface area (Å²) in [7, 11) is 0. The van der Waals surface area contributed by atoms with Gasteiger partial charge in [0.15, 0.2) is 0 Å². The number of carbonyl (C=O) groups excluding carboxylic acids is 2. The fourth-order valence-electron chi connectivity index (χ4n) is 2.19. The lowest BCUT2D eigenvalue weighted by Crippen LogP contribution is -2.32. The van der Waals surface area contributed by atoms with Crippen molar-refractivity contribution in [2.45, 2.75) is 33.2 Å². The van der Waals surface area contributed by atoms with Gasteiger partial charge in [-0.25, -0.2) is 0 Å². The van der Waals surface area contributed by atoms with E-state index in [0.29, 0.717) is 16.8 Å². The van der Waals surface area contributed by atoms with E-state index in [9.17, 15) is 9.59 Å². The summed E-state index contributed by atoms with van der Waals surface area (Å²) in [6, 6.07) is 12.8. The minimum Gasteiger partial charge on any atom is -0.350 e. The van der Waals surface area contributed by atoms with Gasteiger partial charge in [-0.05, 0) is 67.1 Å². The highest BCUT2D eigenvalue weighted by Gasteiger charge is 2.16. The third kappa shape index (κ3) is 4.56.